The van der Waals surface area contributed by atoms with E-state index in [4.69, 9.17) is 0 Å². The lowest BCUT2D eigenvalue weighted by molar-refractivity contribution is 1.48. The van der Waals surface area contributed by atoms with Gasteiger partial charge in [0.05, 0.1) is 0 Å². The molecule has 76 valence electrons. The minimum absolute atomic E-state index is 1.14. The van der Waals surface area contributed by atoms with Crippen LogP contribution in [0.5, 0.6) is 0 Å². The second-order valence-electron chi connectivity index (χ2n) is 3.76. The fourth-order valence-corrected chi connectivity index (χ4v) is 2.58. The van der Waals surface area contributed by atoms with Crippen LogP contribution in [-0.4, -0.2) is 0 Å². The zero-order chi connectivity index (χ0) is 10.8. The summed E-state index contributed by atoms with van der Waals surface area (Å²) >= 11 is 1.81. The number of hydrogen-bond donors (Lipinski definition) is 0. The average Bonchev–Trinajstić information content (AvgIpc) is 2.67. The highest BCUT2D eigenvalue weighted by molar-refractivity contribution is 7.16. The molecule has 0 spiro atoms. The second kappa shape index (κ2) is 4.03. The molecule has 0 nitrogen and oxygen atoms in total. The number of benzene rings is 1. The molecule has 0 aliphatic carbocycles. The monoisotopic (exact) mass is 214 g/mol. The minimum Gasteiger partial charge on any atom is -0.136 e. The molecule has 0 atom stereocenters. The van der Waals surface area contributed by atoms with Gasteiger partial charge in [-0.2, -0.15) is 0 Å². The second-order valence-corrected chi connectivity index (χ2v) is 4.84. The Balaban J connectivity index is 2.46. The van der Waals surface area contributed by atoms with E-state index in [0.717, 1.165) is 5.57 Å². The van der Waals surface area contributed by atoms with Crippen molar-refractivity contribution in [2.45, 2.75) is 13.8 Å². The first-order chi connectivity index (χ1) is 7.18. The molecule has 0 saturated heterocycles. The molecule has 0 N–H and O–H groups in total. The topological polar surface area (TPSA) is 0 Å². The first-order valence-corrected chi connectivity index (χ1v) is 5.82. The van der Waals surface area contributed by atoms with E-state index in [0.29, 0.717) is 0 Å². The molecule has 15 heavy (non-hydrogen) atoms. The third-order valence-electron chi connectivity index (χ3n) is 2.44. The predicted octanol–water partition coefficient (Wildman–Crippen LogP) is 4.76. The Kier molecular flexibility index (Phi) is 2.74. The van der Waals surface area contributed by atoms with Crippen molar-refractivity contribution in [2.24, 2.45) is 0 Å². The van der Waals surface area contributed by atoms with Gasteiger partial charge in [-0.05, 0) is 42.7 Å². The highest BCUT2D eigenvalue weighted by Gasteiger charge is 2.04. The van der Waals surface area contributed by atoms with E-state index in [9.17, 15) is 0 Å². The number of allylic oxidation sites excluding steroid dienone is 1. The fraction of sp³-hybridized carbons (Fsp3) is 0.143. The van der Waals surface area contributed by atoms with Gasteiger partial charge in [-0.15, -0.1) is 11.3 Å². The number of rotatable bonds is 2. The lowest BCUT2D eigenvalue weighted by atomic mass is 10.1. The maximum Gasteiger partial charge on any atom is 0.0351 e. The van der Waals surface area contributed by atoms with Crippen LogP contribution in [0.15, 0.2) is 43.0 Å². The van der Waals surface area contributed by atoms with Crippen molar-refractivity contribution in [3.05, 3.63) is 53.4 Å². The Morgan fingerprint density at radius 2 is 1.87 bits per heavy atom. The first-order valence-electron chi connectivity index (χ1n) is 5.00. The summed E-state index contributed by atoms with van der Waals surface area (Å²) in [5.41, 5.74) is 3.79. The van der Waals surface area contributed by atoms with Gasteiger partial charge in [-0.25, -0.2) is 0 Å². The molecule has 1 aromatic heterocycles. The quantitative estimate of drug-likeness (QED) is 0.676. The molecule has 1 heteroatoms. The van der Waals surface area contributed by atoms with E-state index in [1.165, 1.54) is 20.9 Å². The molecule has 0 amide bonds. The van der Waals surface area contributed by atoms with Crippen LogP contribution in [0.4, 0.5) is 0 Å². The minimum atomic E-state index is 1.14. The summed E-state index contributed by atoms with van der Waals surface area (Å²) < 4.78 is 0. The Morgan fingerprint density at radius 3 is 2.47 bits per heavy atom. The molecule has 2 aromatic rings. The van der Waals surface area contributed by atoms with Crippen molar-refractivity contribution in [1.82, 2.24) is 0 Å². The maximum atomic E-state index is 3.97. The van der Waals surface area contributed by atoms with E-state index in [1.807, 2.05) is 18.3 Å². The predicted molar refractivity (Wildman–Crippen MR) is 69.2 cm³/mol. The first kappa shape index (κ1) is 10.2. The van der Waals surface area contributed by atoms with E-state index in [2.05, 4.69) is 49.9 Å². The van der Waals surface area contributed by atoms with Crippen LogP contribution in [0.2, 0.25) is 0 Å². The maximum absolute atomic E-state index is 3.97. The molecule has 0 fully saturated rings. The molecular weight excluding hydrogens is 200 g/mol. The normalized spacial score (nSPS) is 10.3. The number of thiophene rings is 1. The molecule has 0 bridgehead atoms. The highest BCUT2D eigenvalue weighted by Crippen LogP contribution is 2.32. The van der Waals surface area contributed by atoms with Crippen LogP contribution in [0.25, 0.3) is 16.0 Å². The van der Waals surface area contributed by atoms with Crippen molar-refractivity contribution < 1.29 is 0 Å². The fourth-order valence-electron chi connectivity index (χ4n) is 1.56. The number of aryl methyl sites for hydroxylation is 1. The van der Waals surface area contributed by atoms with Crippen molar-refractivity contribution in [1.29, 1.82) is 0 Å². The van der Waals surface area contributed by atoms with Gasteiger partial charge in [-0.3, -0.25) is 0 Å². The number of hydrogen-bond acceptors (Lipinski definition) is 1. The summed E-state index contributed by atoms with van der Waals surface area (Å²) in [6.45, 7) is 8.16. The standard InChI is InChI=1S/C14H14S/c1-10(2)13-8-9-14(15-13)12-7-5-4-6-11(12)3/h4-9H,1H2,2-3H3. The molecule has 0 saturated carbocycles. The molecule has 0 aliphatic heterocycles. The summed E-state index contributed by atoms with van der Waals surface area (Å²) in [5.74, 6) is 0. The molecule has 1 aromatic carbocycles. The highest BCUT2D eigenvalue weighted by atomic mass is 32.1. The molecule has 0 aliphatic rings. The third-order valence-corrected chi connectivity index (χ3v) is 3.72. The van der Waals surface area contributed by atoms with Gasteiger partial charge in [0.25, 0.3) is 0 Å². The van der Waals surface area contributed by atoms with E-state index < -0.39 is 0 Å². The van der Waals surface area contributed by atoms with Crippen molar-refractivity contribution in [2.75, 3.05) is 0 Å². The summed E-state index contributed by atoms with van der Waals surface area (Å²) in [5, 5.41) is 0. The van der Waals surface area contributed by atoms with E-state index in [1.54, 1.807) is 0 Å². The lowest BCUT2D eigenvalue weighted by Crippen LogP contribution is -1.77. The van der Waals surface area contributed by atoms with Gasteiger partial charge < -0.3 is 0 Å². The SMILES string of the molecule is C=C(C)c1ccc(-c2ccccc2C)s1. The van der Waals surface area contributed by atoms with Gasteiger partial charge in [0.2, 0.25) is 0 Å². The van der Waals surface area contributed by atoms with Crippen LogP contribution >= 0.6 is 11.3 Å². The van der Waals surface area contributed by atoms with Crippen molar-refractivity contribution in [3.8, 4) is 10.4 Å². The molecule has 0 unspecified atom stereocenters. The molecule has 2 rings (SSSR count). The van der Waals surface area contributed by atoms with Crippen LogP contribution in [0.1, 0.15) is 17.4 Å². The zero-order valence-corrected chi connectivity index (χ0v) is 9.90. The van der Waals surface area contributed by atoms with Gasteiger partial charge >= 0.3 is 0 Å². The Hall–Kier alpha value is -1.34. The Morgan fingerprint density at radius 1 is 1.13 bits per heavy atom. The summed E-state index contributed by atoms with van der Waals surface area (Å²) in [6.07, 6.45) is 0. The molecule has 0 radical (unpaired) electrons. The van der Waals surface area contributed by atoms with Crippen molar-refractivity contribution >= 4 is 16.9 Å². The smallest absolute Gasteiger partial charge is 0.0351 e. The Bertz CT molecular complexity index is 492. The summed E-state index contributed by atoms with van der Waals surface area (Å²) in [6, 6.07) is 12.8. The van der Waals surface area contributed by atoms with E-state index >= 15 is 0 Å². The van der Waals surface area contributed by atoms with Crippen LogP contribution in [0.3, 0.4) is 0 Å². The van der Waals surface area contributed by atoms with Crippen molar-refractivity contribution in [3.63, 3.8) is 0 Å². The van der Waals surface area contributed by atoms with Gasteiger partial charge in [0.1, 0.15) is 0 Å². The molecule has 1 heterocycles. The van der Waals surface area contributed by atoms with E-state index in [-0.39, 0.29) is 0 Å². The summed E-state index contributed by atoms with van der Waals surface area (Å²) in [7, 11) is 0. The average molecular weight is 214 g/mol. The summed E-state index contributed by atoms with van der Waals surface area (Å²) in [4.78, 5) is 2.60. The lowest BCUT2D eigenvalue weighted by Gasteiger charge is -2.01. The largest absolute Gasteiger partial charge is 0.136 e. The van der Waals surface area contributed by atoms with Gasteiger partial charge in [-0.1, -0.05) is 30.8 Å². The van der Waals surface area contributed by atoms with Crippen LogP contribution < -0.4 is 0 Å². The third kappa shape index (κ3) is 2.02. The zero-order valence-electron chi connectivity index (χ0n) is 9.08. The molecular formula is C14H14S. The van der Waals surface area contributed by atoms with Gasteiger partial charge in [0.15, 0.2) is 0 Å². The van der Waals surface area contributed by atoms with Crippen LogP contribution in [0, 0.1) is 6.92 Å². The van der Waals surface area contributed by atoms with Gasteiger partial charge in [0, 0.05) is 9.75 Å². The van der Waals surface area contributed by atoms with Crippen LogP contribution in [-0.2, 0) is 0 Å². The Labute approximate surface area is 94.9 Å².